The van der Waals surface area contributed by atoms with E-state index in [9.17, 15) is 4.79 Å². The average Bonchev–Trinajstić information content (AvgIpc) is 2.84. The molecule has 1 unspecified atom stereocenters. The van der Waals surface area contributed by atoms with Gasteiger partial charge in [0.05, 0.1) is 5.56 Å². The summed E-state index contributed by atoms with van der Waals surface area (Å²) < 4.78 is 0. The van der Waals surface area contributed by atoms with Crippen LogP contribution in [0.5, 0.6) is 0 Å². The highest BCUT2D eigenvalue weighted by Gasteiger charge is 2.30. The zero-order chi connectivity index (χ0) is 13.4. The predicted molar refractivity (Wildman–Crippen MR) is 75.2 cm³/mol. The highest BCUT2D eigenvalue weighted by atomic mass is 16.1. The van der Waals surface area contributed by atoms with Crippen molar-refractivity contribution >= 4 is 11.6 Å². The fraction of sp³-hybridized carbons (Fsp3) is 0.250. The summed E-state index contributed by atoms with van der Waals surface area (Å²) in [5.74, 6) is 0.362. The monoisotopic (exact) mass is 252 g/mol. The Hall–Kier alpha value is -2.16. The first-order valence-corrected chi connectivity index (χ1v) is 6.51. The highest BCUT2D eigenvalue weighted by molar-refractivity contribution is 6.04. The van der Waals surface area contributed by atoms with Gasteiger partial charge in [0.15, 0.2) is 5.78 Å². The molecule has 19 heavy (non-hydrogen) atoms. The van der Waals surface area contributed by atoms with Crippen molar-refractivity contribution in [2.24, 2.45) is 0 Å². The molecule has 3 nitrogen and oxygen atoms in total. The van der Waals surface area contributed by atoms with E-state index in [1.807, 2.05) is 31.2 Å². The first kappa shape index (κ1) is 11.9. The molecule has 3 rings (SSSR count). The van der Waals surface area contributed by atoms with Crippen LogP contribution in [0.4, 0.5) is 5.82 Å². The molecule has 0 aliphatic heterocycles. The normalized spacial score (nSPS) is 17.2. The smallest absolute Gasteiger partial charge is 0.174 e. The number of carbonyl (C=O) groups is 1. The number of rotatable bonds is 2. The Balaban J connectivity index is 2.00. The molecule has 2 N–H and O–H groups in total. The van der Waals surface area contributed by atoms with E-state index in [1.165, 1.54) is 5.56 Å². The van der Waals surface area contributed by atoms with Crippen molar-refractivity contribution in [3.05, 3.63) is 58.8 Å². The topological polar surface area (TPSA) is 56.0 Å². The van der Waals surface area contributed by atoms with Crippen molar-refractivity contribution in [2.45, 2.75) is 25.7 Å². The van der Waals surface area contributed by atoms with E-state index in [1.54, 1.807) is 6.20 Å². The molecule has 1 aliphatic carbocycles. The van der Waals surface area contributed by atoms with Crippen LogP contribution < -0.4 is 5.73 Å². The Morgan fingerprint density at radius 3 is 3.00 bits per heavy atom. The molecule has 0 spiro atoms. The maximum absolute atomic E-state index is 12.7. The van der Waals surface area contributed by atoms with Crippen molar-refractivity contribution < 1.29 is 4.79 Å². The van der Waals surface area contributed by atoms with Gasteiger partial charge in [0.2, 0.25) is 0 Å². The molecule has 1 heterocycles. The minimum atomic E-state index is -0.0675. The summed E-state index contributed by atoms with van der Waals surface area (Å²) in [7, 11) is 0. The summed E-state index contributed by atoms with van der Waals surface area (Å²) in [6.45, 7) is 1.92. The molecule has 0 saturated heterocycles. The van der Waals surface area contributed by atoms with E-state index >= 15 is 0 Å². The van der Waals surface area contributed by atoms with Gasteiger partial charge in [-0.2, -0.15) is 0 Å². The molecule has 1 aliphatic rings. The maximum atomic E-state index is 12.7. The summed E-state index contributed by atoms with van der Waals surface area (Å²) in [5, 5.41) is 0. The third kappa shape index (κ3) is 2.01. The van der Waals surface area contributed by atoms with Gasteiger partial charge in [-0.1, -0.05) is 24.3 Å². The number of pyridine rings is 1. The molecule has 0 bridgehead atoms. The number of anilines is 1. The Kier molecular flexibility index (Phi) is 2.82. The quantitative estimate of drug-likeness (QED) is 0.836. The van der Waals surface area contributed by atoms with Crippen LogP contribution in [0.1, 0.15) is 39.4 Å². The lowest BCUT2D eigenvalue weighted by atomic mass is 9.92. The summed E-state index contributed by atoms with van der Waals surface area (Å²) in [6, 6.07) is 9.99. The van der Waals surface area contributed by atoms with E-state index in [0.29, 0.717) is 11.4 Å². The number of nitrogens with two attached hydrogens (primary N) is 1. The van der Waals surface area contributed by atoms with E-state index in [0.717, 1.165) is 24.0 Å². The van der Waals surface area contributed by atoms with Gasteiger partial charge < -0.3 is 5.73 Å². The van der Waals surface area contributed by atoms with E-state index in [-0.39, 0.29) is 11.7 Å². The number of nitrogen functional groups attached to an aromatic ring is 1. The molecule has 96 valence electrons. The number of carbonyl (C=O) groups excluding carboxylic acids is 1. The van der Waals surface area contributed by atoms with Crippen molar-refractivity contribution in [3.63, 3.8) is 0 Å². The van der Waals surface area contributed by atoms with Gasteiger partial charge in [0.1, 0.15) is 5.82 Å². The molecule has 0 radical (unpaired) electrons. The number of nitrogens with zero attached hydrogens (tertiary/aromatic N) is 1. The molecule has 2 aromatic rings. The van der Waals surface area contributed by atoms with Crippen LogP contribution in [0.3, 0.4) is 0 Å². The largest absolute Gasteiger partial charge is 0.383 e. The number of aryl methyl sites for hydroxylation is 2. The zero-order valence-electron chi connectivity index (χ0n) is 10.9. The van der Waals surface area contributed by atoms with Crippen molar-refractivity contribution in [1.82, 2.24) is 4.98 Å². The standard InChI is InChI=1S/C16H16N2O/c1-10-8-14(16(17)18-9-10)15(19)13-7-6-11-4-2-3-5-12(11)13/h2-5,8-9,13H,6-7H2,1H3,(H2,17,18). The minimum absolute atomic E-state index is 0.0675. The molecule has 1 atom stereocenters. The Morgan fingerprint density at radius 2 is 2.16 bits per heavy atom. The maximum Gasteiger partial charge on any atom is 0.174 e. The van der Waals surface area contributed by atoms with Crippen LogP contribution in [0, 0.1) is 6.92 Å². The summed E-state index contributed by atoms with van der Waals surface area (Å²) >= 11 is 0. The van der Waals surface area contributed by atoms with E-state index in [4.69, 9.17) is 5.73 Å². The molecule has 3 heteroatoms. The van der Waals surface area contributed by atoms with Crippen LogP contribution >= 0.6 is 0 Å². The van der Waals surface area contributed by atoms with Crippen LogP contribution in [-0.2, 0) is 6.42 Å². The second-order valence-corrected chi connectivity index (χ2v) is 5.10. The number of aromatic nitrogens is 1. The van der Waals surface area contributed by atoms with E-state index < -0.39 is 0 Å². The Bertz CT molecular complexity index is 649. The molecule has 1 aromatic carbocycles. The Labute approximate surface area is 112 Å². The Morgan fingerprint density at radius 1 is 1.37 bits per heavy atom. The van der Waals surface area contributed by atoms with Gasteiger partial charge in [-0.25, -0.2) is 4.98 Å². The fourth-order valence-electron chi connectivity index (χ4n) is 2.79. The van der Waals surface area contributed by atoms with Crippen molar-refractivity contribution in [3.8, 4) is 0 Å². The number of hydrogen-bond acceptors (Lipinski definition) is 3. The number of Topliss-reactive ketones (excluding diaryl/α,β-unsaturated/α-hetero) is 1. The summed E-state index contributed by atoms with van der Waals surface area (Å²) in [6.07, 6.45) is 3.52. The zero-order valence-corrected chi connectivity index (χ0v) is 10.9. The third-order valence-electron chi connectivity index (χ3n) is 3.77. The van der Waals surface area contributed by atoms with Crippen LogP contribution in [0.2, 0.25) is 0 Å². The highest BCUT2D eigenvalue weighted by Crippen LogP contribution is 2.36. The first-order chi connectivity index (χ1) is 9.16. The molecule has 0 saturated carbocycles. The van der Waals surface area contributed by atoms with Gasteiger partial charge in [-0.15, -0.1) is 0 Å². The third-order valence-corrected chi connectivity index (χ3v) is 3.77. The predicted octanol–water partition coefficient (Wildman–Crippen LogP) is 2.88. The molecule has 1 aromatic heterocycles. The van der Waals surface area contributed by atoms with Crippen molar-refractivity contribution in [1.29, 1.82) is 0 Å². The van der Waals surface area contributed by atoms with Crippen LogP contribution in [0.25, 0.3) is 0 Å². The van der Waals surface area contributed by atoms with E-state index in [2.05, 4.69) is 11.1 Å². The second-order valence-electron chi connectivity index (χ2n) is 5.10. The lowest BCUT2D eigenvalue weighted by molar-refractivity contribution is 0.0960. The summed E-state index contributed by atoms with van der Waals surface area (Å²) in [4.78, 5) is 16.7. The first-order valence-electron chi connectivity index (χ1n) is 6.51. The fourth-order valence-corrected chi connectivity index (χ4v) is 2.79. The average molecular weight is 252 g/mol. The number of fused-ring (bicyclic) bond motifs is 1. The van der Waals surface area contributed by atoms with Gasteiger partial charge in [0, 0.05) is 12.1 Å². The van der Waals surface area contributed by atoms with Crippen LogP contribution in [-0.4, -0.2) is 10.8 Å². The molecule has 0 fully saturated rings. The van der Waals surface area contributed by atoms with Gasteiger partial charge in [-0.05, 0) is 42.5 Å². The summed E-state index contributed by atoms with van der Waals surface area (Å²) in [5.41, 5.74) is 9.79. The van der Waals surface area contributed by atoms with Gasteiger partial charge in [0.25, 0.3) is 0 Å². The minimum Gasteiger partial charge on any atom is -0.383 e. The lowest BCUT2D eigenvalue weighted by Gasteiger charge is -2.12. The second kappa shape index (κ2) is 4.50. The molecular weight excluding hydrogens is 236 g/mol. The van der Waals surface area contributed by atoms with Crippen molar-refractivity contribution in [2.75, 3.05) is 5.73 Å². The van der Waals surface area contributed by atoms with Gasteiger partial charge >= 0.3 is 0 Å². The van der Waals surface area contributed by atoms with Crippen LogP contribution in [0.15, 0.2) is 36.5 Å². The molecular formula is C16H16N2O. The van der Waals surface area contributed by atoms with Gasteiger partial charge in [-0.3, -0.25) is 4.79 Å². The SMILES string of the molecule is Cc1cnc(N)c(C(=O)C2CCc3ccccc32)c1. The molecule has 0 amide bonds. The number of hydrogen-bond donors (Lipinski definition) is 1. The lowest BCUT2D eigenvalue weighted by Crippen LogP contribution is -2.13. The number of ketones is 1. The number of benzene rings is 1.